The number of anilines is 2. The van der Waals surface area contributed by atoms with Crippen molar-refractivity contribution in [2.75, 3.05) is 24.7 Å². The van der Waals surface area contributed by atoms with Gasteiger partial charge in [0.25, 0.3) is 11.8 Å². The average molecular weight is 399 g/mol. The number of nitrogens with zero attached hydrogens (tertiary/aromatic N) is 2. The van der Waals surface area contributed by atoms with Gasteiger partial charge in [0.2, 0.25) is 0 Å². The molecule has 0 bridgehead atoms. The smallest absolute Gasteiger partial charge is 0.258 e. The Morgan fingerprint density at radius 3 is 2.20 bits per heavy atom. The van der Waals surface area contributed by atoms with E-state index in [1.807, 2.05) is 13.9 Å². The van der Waals surface area contributed by atoms with E-state index in [0.29, 0.717) is 34.0 Å². The van der Waals surface area contributed by atoms with Crippen molar-refractivity contribution in [1.82, 2.24) is 9.88 Å². The molecule has 0 saturated carbocycles. The standard InChI is InChI=1S/C22H22BN5O2/c1-28(2)20(24)14-7-9-15(10-8-14)21(29)26-18-6-4-3-5-17(18)22(30)27-19-12-11-16(23)13-25-19/h3-13,24H,23H2,1-2H3,(H,26,29)(H,25,27,30). The highest BCUT2D eigenvalue weighted by molar-refractivity contribution is 6.32. The van der Waals surface area contributed by atoms with Gasteiger partial charge in [0.15, 0.2) is 0 Å². The molecule has 3 aromatic rings. The van der Waals surface area contributed by atoms with Crippen molar-refractivity contribution in [3.8, 4) is 0 Å². The van der Waals surface area contributed by atoms with E-state index >= 15 is 0 Å². The fraction of sp³-hybridized carbons (Fsp3) is 0.0909. The van der Waals surface area contributed by atoms with E-state index in [0.717, 1.165) is 5.46 Å². The van der Waals surface area contributed by atoms with E-state index in [4.69, 9.17) is 5.41 Å². The first-order chi connectivity index (χ1) is 14.3. The number of amides is 2. The number of hydrogen-bond acceptors (Lipinski definition) is 4. The number of pyridine rings is 1. The van der Waals surface area contributed by atoms with Gasteiger partial charge in [0.05, 0.1) is 11.3 Å². The highest BCUT2D eigenvalue weighted by atomic mass is 16.2. The molecular formula is C22H22BN5O2. The van der Waals surface area contributed by atoms with Gasteiger partial charge in [-0.1, -0.05) is 35.8 Å². The largest absolute Gasteiger partial charge is 0.363 e. The van der Waals surface area contributed by atoms with Crippen molar-refractivity contribution in [2.24, 2.45) is 0 Å². The Morgan fingerprint density at radius 2 is 1.57 bits per heavy atom. The molecule has 0 saturated heterocycles. The van der Waals surface area contributed by atoms with Crippen LogP contribution in [0.2, 0.25) is 0 Å². The Labute approximate surface area is 176 Å². The summed E-state index contributed by atoms with van der Waals surface area (Å²) in [6, 6.07) is 17.1. The van der Waals surface area contributed by atoms with Crippen LogP contribution < -0.4 is 16.1 Å². The van der Waals surface area contributed by atoms with Crippen LogP contribution in [0.1, 0.15) is 26.3 Å². The molecule has 0 unspecified atom stereocenters. The van der Waals surface area contributed by atoms with E-state index in [1.165, 1.54) is 0 Å². The fourth-order valence-electron chi connectivity index (χ4n) is 2.75. The van der Waals surface area contributed by atoms with E-state index in [-0.39, 0.29) is 11.8 Å². The summed E-state index contributed by atoms with van der Waals surface area (Å²) in [5, 5.41) is 13.5. The van der Waals surface area contributed by atoms with Crippen molar-refractivity contribution in [2.45, 2.75) is 0 Å². The van der Waals surface area contributed by atoms with E-state index < -0.39 is 0 Å². The molecule has 1 heterocycles. The van der Waals surface area contributed by atoms with Gasteiger partial charge < -0.3 is 15.5 Å². The molecule has 2 amide bonds. The number of nitrogens with one attached hydrogen (secondary N) is 3. The van der Waals surface area contributed by atoms with Crippen LogP contribution >= 0.6 is 0 Å². The Kier molecular flexibility index (Phi) is 6.27. The van der Waals surface area contributed by atoms with E-state index in [2.05, 4.69) is 15.6 Å². The van der Waals surface area contributed by atoms with Crippen LogP contribution in [0, 0.1) is 5.41 Å². The number of carbonyl (C=O) groups excluding carboxylic acids is 2. The average Bonchev–Trinajstić information content (AvgIpc) is 2.75. The van der Waals surface area contributed by atoms with Crippen LogP contribution in [0.25, 0.3) is 0 Å². The number of aromatic nitrogens is 1. The lowest BCUT2D eigenvalue weighted by atomic mass is 9.99. The van der Waals surface area contributed by atoms with Gasteiger partial charge in [0.1, 0.15) is 19.5 Å². The van der Waals surface area contributed by atoms with Crippen molar-refractivity contribution >= 4 is 42.5 Å². The van der Waals surface area contributed by atoms with E-state index in [9.17, 15) is 9.59 Å². The molecule has 150 valence electrons. The number of carbonyl (C=O) groups is 2. The van der Waals surface area contributed by atoms with Crippen molar-refractivity contribution in [3.63, 3.8) is 0 Å². The summed E-state index contributed by atoms with van der Waals surface area (Å²) in [5.41, 5.74) is 2.87. The minimum absolute atomic E-state index is 0.333. The van der Waals surface area contributed by atoms with Crippen LogP contribution in [0.4, 0.5) is 11.5 Å². The van der Waals surface area contributed by atoms with Crippen LogP contribution in [0.15, 0.2) is 66.9 Å². The number of benzene rings is 2. The molecule has 30 heavy (non-hydrogen) atoms. The third-order valence-corrected chi connectivity index (χ3v) is 4.44. The van der Waals surface area contributed by atoms with Gasteiger partial charge >= 0.3 is 0 Å². The number of para-hydroxylation sites is 1. The first-order valence-electron chi connectivity index (χ1n) is 9.36. The fourth-order valence-corrected chi connectivity index (χ4v) is 2.75. The maximum absolute atomic E-state index is 12.7. The molecule has 3 N–H and O–H groups in total. The monoisotopic (exact) mass is 399 g/mol. The maximum Gasteiger partial charge on any atom is 0.258 e. The van der Waals surface area contributed by atoms with Crippen molar-refractivity contribution in [3.05, 3.63) is 83.6 Å². The zero-order chi connectivity index (χ0) is 21.7. The van der Waals surface area contributed by atoms with Crippen molar-refractivity contribution < 1.29 is 9.59 Å². The quantitative estimate of drug-likeness (QED) is 0.346. The van der Waals surface area contributed by atoms with Gasteiger partial charge in [-0.2, -0.15) is 0 Å². The van der Waals surface area contributed by atoms with Gasteiger partial charge in [0, 0.05) is 31.4 Å². The first-order valence-corrected chi connectivity index (χ1v) is 9.36. The van der Waals surface area contributed by atoms with Gasteiger partial charge in [-0.3, -0.25) is 15.0 Å². The number of hydrogen-bond donors (Lipinski definition) is 3. The van der Waals surface area contributed by atoms with E-state index in [1.54, 1.807) is 79.8 Å². The molecule has 1 aromatic heterocycles. The SMILES string of the molecule is Bc1ccc(NC(=O)c2ccccc2NC(=O)c2ccc(C(=N)N(C)C)cc2)nc1. The molecule has 0 aliphatic rings. The molecule has 0 atom stereocenters. The summed E-state index contributed by atoms with van der Waals surface area (Å²) in [6.45, 7) is 0. The predicted octanol–water partition coefficient (Wildman–Crippen LogP) is 1.73. The summed E-state index contributed by atoms with van der Waals surface area (Å²) >= 11 is 0. The molecule has 0 aliphatic heterocycles. The van der Waals surface area contributed by atoms with Crippen LogP contribution in [-0.4, -0.2) is 49.5 Å². The van der Waals surface area contributed by atoms with Gasteiger partial charge in [-0.25, -0.2) is 4.98 Å². The van der Waals surface area contributed by atoms with Gasteiger partial charge in [-0.05, 0) is 30.3 Å². The molecule has 0 aliphatic carbocycles. The molecule has 7 nitrogen and oxygen atoms in total. The lowest BCUT2D eigenvalue weighted by Crippen LogP contribution is -2.22. The molecule has 2 aromatic carbocycles. The molecule has 3 rings (SSSR count). The predicted molar refractivity (Wildman–Crippen MR) is 122 cm³/mol. The topological polar surface area (TPSA) is 98.2 Å². The maximum atomic E-state index is 12.7. The second kappa shape index (κ2) is 9.04. The Bertz CT molecular complexity index is 1080. The number of amidine groups is 1. The second-order valence-corrected chi connectivity index (χ2v) is 7.00. The lowest BCUT2D eigenvalue weighted by molar-refractivity contribution is 0.102. The third-order valence-electron chi connectivity index (χ3n) is 4.44. The highest BCUT2D eigenvalue weighted by Gasteiger charge is 2.15. The summed E-state index contributed by atoms with van der Waals surface area (Å²) in [7, 11) is 5.49. The van der Waals surface area contributed by atoms with Crippen LogP contribution in [0.3, 0.4) is 0 Å². The minimum atomic E-state index is -0.364. The molecule has 0 spiro atoms. The normalized spacial score (nSPS) is 10.2. The summed E-state index contributed by atoms with van der Waals surface area (Å²) < 4.78 is 0. The zero-order valence-electron chi connectivity index (χ0n) is 17.1. The van der Waals surface area contributed by atoms with Gasteiger partial charge in [-0.15, -0.1) is 0 Å². The molecular weight excluding hydrogens is 377 g/mol. The minimum Gasteiger partial charge on any atom is -0.363 e. The highest BCUT2D eigenvalue weighted by Crippen LogP contribution is 2.18. The van der Waals surface area contributed by atoms with Crippen molar-refractivity contribution in [1.29, 1.82) is 5.41 Å². The lowest BCUT2D eigenvalue weighted by Gasteiger charge is -2.14. The first kappa shape index (κ1) is 20.8. The van der Waals surface area contributed by atoms with Crippen LogP contribution in [0.5, 0.6) is 0 Å². The summed E-state index contributed by atoms with van der Waals surface area (Å²) in [6.07, 6.45) is 1.67. The Balaban J connectivity index is 1.75. The van der Waals surface area contributed by atoms with Crippen LogP contribution in [-0.2, 0) is 0 Å². The molecule has 0 radical (unpaired) electrons. The summed E-state index contributed by atoms with van der Waals surface area (Å²) in [5.74, 6) is 0.0861. The third kappa shape index (κ3) is 4.91. The molecule has 0 fully saturated rings. The summed E-state index contributed by atoms with van der Waals surface area (Å²) in [4.78, 5) is 31.2. The zero-order valence-corrected chi connectivity index (χ0v) is 17.1. The second-order valence-electron chi connectivity index (χ2n) is 7.00. The number of rotatable bonds is 5. The Morgan fingerprint density at radius 1 is 0.900 bits per heavy atom. The Hall–Kier alpha value is -3.94. The molecule has 8 heteroatoms.